The Kier molecular flexibility index (Phi) is 8.16. The summed E-state index contributed by atoms with van der Waals surface area (Å²) in [6.45, 7) is 1.71. The van der Waals surface area contributed by atoms with Gasteiger partial charge in [0.2, 0.25) is 10.0 Å². The summed E-state index contributed by atoms with van der Waals surface area (Å²) >= 11 is 0. The smallest absolute Gasteiger partial charge is 0.243 e. The Morgan fingerprint density at radius 3 is 2.12 bits per heavy atom. The van der Waals surface area contributed by atoms with Crippen LogP contribution in [0.5, 0.6) is 5.75 Å². The van der Waals surface area contributed by atoms with E-state index in [9.17, 15) is 18.3 Å². The van der Waals surface area contributed by atoms with E-state index < -0.39 is 16.1 Å². The van der Waals surface area contributed by atoms with Crippen molar-refractivity contribution in [2.75, 3.05) is 13.2 Å². The van der Waals surface area contributed by atoms with Gasteiger partial charge in [-0.2, -0.15) is 4.31 Å². The van der Waals surface area contributed by atoms with E-state index in [2.05, 4.69) is 0 Å². The molecule has 0 amide bonds. The van der Waals surface area contributed by atoms with Crippen LogP contribution in [0.15, 0.2) is 89.8 Å². The number of aliphatic hydroxyl groups is 1. The fourth-order valence-electron chi connectivity index (χ4n) is 3.20. The van der Waals surface area contributed by atoms with Gasteiger partial charge in [-0.1, -0.05) is 55.5 Å². The third-order valence-corrected chi connectivity index (χ3v) is 6.76. The quantitative estimate of drug-likeness (QED) is 0.445. The van der Waals surface area contributed by atoms with Gasteiger partial charge >= 0.3 is 0 Å². The largest absolute Gasteiger partial charge is 0.491 e. The van der Waals surface area contributed by atoms with Gasteiger partial charge in [0.25, 0.3) is 0 Å². The fourth-order valence-corrected chi connectivity index (χ4v) is 4.68. The summed E-state index contributed by atoms with van der Waals surface area (Å²) in [7, 11) is -3.82. The van der Waals surface area contributed by atoms with Gasteiger partial charge in [-0.15, -0.1) is 0 Å². The Hall–Kier alpha value is -3.00. The molecule has 0 heterocycles. The maximum absolute atomic E-state index is 13.2. The van der Waals surface area contributed by atoms with Crippen molar-refractivity contribution < 1.29 is 23.1 Å². The lowest BCUT2D eigenvalue weighted by molar-refractivity contribution is 0.0880. The first kappa shape index (κ1) is 23.7. The molecular formula is C25H27NO5S. The summed E-state index contributed by atoms with van der Waals surface area (Å²) in [4.78, 5) is 11.9. The zero-order valence-corrected chi connectivity index (χ0v) is 18.7. The first-order chi connectivity index (χ1) is 15.4. The topological polar surface area (TPSA) is 83.9 Å². The van der Waals surface area contributed by atoms with Gasteiger partial charge in [0.15, 0.2) is 5.78 Å². The second-order valence-electron chi connectivity index (χ2n) is 7.36. The number of hydrogen-bond acceptors (Lipinski definition) is 5. The molecular weight excluding hydrogens is 426 g/mol. The van der Waals surface area contributed by atoms with E-state index in [4.69, 9.17) is 4.74 Å². The molecule has 3 aromatic carbocycles. The number of aliphatic hydroxyl groups excluding tert-OH is 1. The molecule has 0 aliphatic carbocycles. The average molecular weight is 454 g/mol. The summed E-state index contributed by atoms with van der Waals surface area (Å²) in [5, 5.41) is 10.6. The van der Waals surface area contributed by atoms with Gasteiger partial charge in [0, 0.05) is 25.1 Å². The summed E-state index contributed by atoms with van der Waals surface area (Å²) in [5.41, 5.74) is 1.42. The van der Waals surface area contributed by atoms with Crippen LogP contribution in [0.3, 0.4) is 0 Å². The SMILES string of the molecule is CCC(=O)c1ccc(OC[C@@H](O)CN(Cc2ccccc2)S(=O)(=O)c2ccccc2)cc1. The van der Waals surface area contributed by atoms with E-state index in [1.165, 1.54) is 16.4 Å². The summed E-state index contributed by atoms with van der Waals surface area (Å²) in [6, 6.07) is 24.1. The molecule has 0 bridgehead atoms. The van der Waals surface area contributed by atoms with Crippen molar-refractivity contribution in [2.45, 2.75) is 30.9 Å². The summed E-state index contributed by atoms with van der Waals surface area (Å²) in [5.74, 6) is 0.538. The van der Waals surface area contributed by atoms with Gasteiger partial charge in [0.1, 0.15) is 18.5 Å². The monoisotopic (exact) mass is 453 g/mol. The number of hydrogen-bond donors (Lipinski definition) is 1. The minimum atomic E-state index is -3.82. The van der Waals surface area contributed by atoms with Gasteiger partial charge < -0.3 is 9.84 Å². The number of sulfonamides is 1. The highest BCUT2D eigenvalue weighted by molar-refractivity contribution is 7.89. The first-order valence-corrected chi connectivity index (χ1v) is 11.9. The number of carbonyl (C=O) groups is 1. The third-order valence-electron chi connectivity index (χ3n) is 4.94. The number of Topliss-reactive ketones (excluding diaryl/α,β-unsaturated/α-hetero) is 1. The molecule has 0 saturated heterocycles. The molecule has 7 heteroatoms. The van der Waals surface area contributed by atoms with Crippen LogP contribution >= 0.6 is 0 Å². The van der Waals surface area contributed by atoms with Crippen molar-refractivity contribution in [1.82, 2.24) is 4.31 Å². The predicted molar refractivity (Wildman–Crippen MR) is 123 cm³/mol. The molecule has 32 heavy (non-hydrogen) atoms. The molecule has 3 rings (SSSR count). The number of ketones is 1. The van der Waals surface area contributed by atoms with Gasteiger partial charge in [-0.3, -0.25) is 4.79 Å². The zero-order valence-electron chi connectivity index (χ0n) is 17.9. The van der Waals surface area contributed by atoms with Crippen molar-refractivity contribution in [3.63, 3.8) is 0 Å². The average Bonchev–Trinajstić information content (AvgIpc) is 2.83. The minimum Gasteiger partial charge on any atom is -0.491 e. The molecule has 168 valence electrons. The maximum Gasteiger partial charge on any atom is 0.243 e. The Morgan fingerprint density at radius 1 is 0.938 bits per heavy atom. The molecule has 0 spiro atoms. The van der Waals surface area contributed by atoms with E-state index in [0.717, 1.165) is 5.56 Å². The van der Waals surface area contributed by atoms with Crippen LogP contribution in [-0.4, -0.2) is 42.9 Å². The normalized spacial score (nSPS) is 12.5. The van der Waals surface area contributed by atoms with Crippen LogP contribution in [-0.2, 0) is 16.6 Å². The van der Waals surface area contributed by atoms with Crippen molar-refractivity contribution in [2.24, 2.45) is 0 Å². The molecule has 0 radical (unpaired) electrons. The lowest BCUT2D eigenvalue weighted by atomic mass is 10.1. The number of ether oxygens (including phenoxy) is 1. The second kappa shape index (κ2) is 11.0. The van der Waals surface area contributed by atoms with E-state index in [1.807, 2.05) is 30.3 Å². The van der Waals surface area contributed by atoms with E-state index >= 15 is 0 Å². The molecule has 6 nitrogen and oxygen atoms in total. The minimum absolute atomic E-state index is 0.0410. The van der Waals surface area contributed by atoms with Crippen LogP contribution in [0.1, 0.15) is 29.3 Å². The highest BCUT2D eigenvalue weighted by Gasteiger charge is 2.27. The highest BCUT2D eigenvalue weighted by Crippen LogP contribution is 2.19. The Balaban J connectivity index is 1.70. The van der Waals surface area contributed by atoms with Gasteiger partial charge in [0.05, 0.1) is 4.90 Å². The second-order valence-corrected chi connectivity index (χ2v) is 9.30. The maximum atomic E-state index is 13.2. The van der Waals surface area contributed by atoms with Crippen molar-refractivity contribution in [3.8, 4) is 5.75 Å². The highest BCUT2D eigenvalue weighted by atomic mass is 32.2. The van der Waals surface area contributed by atoms with Crippen LogP contribution in [0, 0.1) is 0 Å². The standard InChI is InChI=1S/C25H27NO5S/c1-2-25(28)21-13-15-23(16-14-21)31-19-22(27)18-26(17-20-9-5-3-6-10-20)32(29,30)24-11-7-4-8-12-24/h3-16,22,27H,2,17-19H2,1H3/t22-/m0/s1. The van der Waals surface area contributed by atoms with Crippen LogP contribution < -0.4 is 4.74 Å². The molecule has 1 atom stereocenters. The first-order valence-electron chi connectivity index (χ1n) is 10.4. The molecule has 0 aliphatic rings. The number of nitrogens with zero attached hydrogens (tertiary/aromatic N) is 1. The van der Waals surface area contributed by atoms with Crippen LogP contribution in [0.2, 0.25) is 0 Å². The summed E-state index contributed by atoms with van der Waals surface area (Å²) in [6.07, 6.45) is -0.624. The Bertz CT molecular complexity index is 1100. The van der Waals surface area contributed by atoms with E-state index in [0.29, 0.717) is 17.7 Å². The van der Waals surface area contributed by atoms with Gasteiger partial charge in [-0.05, 0) is 42.0 Å². The molecule has 0 saturated carbocycles. The fraction of sp³-hybridized carbons (Fsp3) is 0.240. The molecule has 0 unspecified atom stereocenters. The predicted octanol–water partition coefficient (Wildman–Crippen LogP) is 3.91. The number of carbonyl (C=O) groups excluding carboxylic acids is 1. The third kappa shape index (κ3) is 6.26. The van der Waals surface area contributed by atoms with Crippen molar-refractivity contribution in [3.05, 3.63) is 96.1 Å². The van der Waals surface area contributed by atoms with Crippen LogP contribution in [0.4, 0.5) is 0 Å². The van der Waals surface area contributed by atoms with Crippen LogP contribution in [0.25, 0.3) is 0 Å². The number of rotatable bonds is 11. The van der Waals surface area contributed by atoms with Gasteiger partial charge in [-0.25, -0.2) is 8.42 Å². The molecule has 3 aromatic rings. The lowest BCUT2D eigenvalue weighted by Crippen LogP contribution is -2.39. The van der Waals surface area contributed by atoms with E-state index in [1.54, 1.807) is 49.4 Å². The molecule has 0 aliphatic heterocycles. The summed E-state index contributed by atoms with van der Waals surface area (Å²) < 4.78 is 33.3. The molecule has 1 N–H and O–H groups in total. The molecule has 0 aromatic heterocycles. The Morgan fingerprint density at radius 2 is 1.53 bits per heavy atom. The Labute approximate surface area is 189 Å². The van der Waals surface area contributed by atoms with Crippen molar-refractivity contribution in [1.29, 1.82) is 0 Å². The van der Waals surface area contributed by atoms with Crippen molar-refractivity contribution >= 4 is 15.8 Å². The lowest BCUT2D eigenvalue weighted by Gasteiger charge is -2.25. The number of benzene rings is 3. The zero-order chi connectivity index (χ0) is 23.0. The molecule has 0 fully saturated rings. The van der Waals surface area contributed by atoms with E-state index in [-0.39, 0.29) is 30.4 Å².